The average Bonchev–Trinajstić information content (AvgIpc) is 3.32. The summed E-state index contributed by atoms with van der Waals surface area (Å²) in [7, 11) is 1.84. The second kappa shape index (κ2) is 10.1. The second-order valence-electron chi connectivity index (χ2n) is 9.15. The van der Waals surface area contributed by atoms with E-state index >= 15 is 0 Å². The number of imidazole rings is 1. The van der Waals surface area contributed by atoms with Crippen molar-refractivity contribution in [3.8, 4) is 11.4 Å². The lowest BCUT2D eigenvalue weighted by Crippen LogP contribution is -2.41. The largest absolute Gasteiger partial charge is 0.367 e. The molecule has 35 heavy (non-hydrogen) atoms. The quantitative estimate of drug-likeness (QED) is 0.270. The number of amidine groups is 1. The number of hydrogen-bond acceptors (Lipinski definition) is 4. The standard InChI is InChI=1S/C28H30N6O/c1-18-7-3-4-8-22(18)31-26(29-2)21-14-15-23-24(17-21)33-27(32-23)19-10-12-20(13-11-19)28(35)34-25-9-5-6-16-30-25/h5-6,9-18,22H,3-4,7-8H2,1-2H3,(H,29,31)(H,32,33)(H,30,34,35). The first-order chi connectivity index (χ1) is 17.1. The summed E-state index contributed by atoms with van der Waals surface area (Å²) in [4.78, 5) is 29.4. The first kappa shape index (κ1) is 22.8. The van der Waals surface area contributed by atoms with Crippen LogP contribution in [0.2, 0.25) is 0 Å². The van der Waals surface area contributed by atoms with E-state index in [-0.39, 0.29) is 5.91 Å². The third-order valence-electron chi connectivity index (χ3n) is 6.74. The number of nitrogens with one attached hydrogen (secondary N) is 3. The highest BCUT2D eigenvalue weighted by atomic mass is 16.1. The van der Waals surface area contributed by atoms with Crippen molar-refractivity contribution in [1.29, 1.82) is 0 Å². The minimum atomic E-state index is -0.198. The Labute approximate surface area is 205 Å². The molecule has 1 aliphatic carbocycles. The Hall–Kier alpha value is -4.00. The van der Waals surface area contributed by atoms with Gasteiger partial charge in [0, 0.05) is 36.0 Å². The number of amides is 1. The maximum absolute atomic E-state index is 12.5. The highest BCUT2D eigenvalue weighted by Crippen LogP contribution is 2.25. The van der Waals surface area contributed by atoms with E-state index in [1.165, 1.54) is 25.7 Å². The molecule has 2 heterocycles. The number of carbonyl (C=O) groups is 1. The van der Waals surface area contributed by atoms with E-state index in [1.54, 1.807) is 24.4 Å². The van der Waals surface area contributed by atoms with Gasteiger partial charge in [0.15, 0.2) is 0 Å². The van der Waals surface area contributed by atoms with Crippen LogP contribution in [0.25, 0.3) is 22.4 Å². The summed E-state index contributed by atoms with van der Waals surface area (Å²) in [6.45, 7) is 2.32. The lowest BCUT2D eigenvalue weighted by molar-refractivity contribution is 0.102. The number of aliphatic imine (C=N–C) groups is 1. The van der Waals surface area contributed by atoms with E-state index in [0.29, 0.717) is 23.3 Å². The Morgan fingerprint density at radius 1 is 1.03 bits per heavy atom. The van der Waals surface area contributed by atoms with Gasteiger partial charge in [0.25, 0.3) is 5.91 Å². The van der Waals surface area contributed by atoms with Gasteiger partial charge >= 0.3 is 0 Å². The predicted octanol–water partition coefficient (Wildman–Crippen LogP) is 5.42. The van der Waals surface area contributed by atoms with Gasteiger partial charge < -0.3 is 15.6 Å². The number of carbonyl (C=O) groups excluding carboxylic acids is 1. The molecule has 0 spiro atoms. The molecule has 1 aliphatic rings. The number of anilines is 1. The molecule has 0 saturated heterocycles. The minimum absolute atomic E-state index is 0.198. The maximum atomic E-state index is 12.5. The van der Waals surface area contributed by atoms with Crippen molar-refractivity contribution in [3.05, 3.63) is 78.0 Å². The second-order valence-corrected chi connectivity index (χ2v) is 9.15. The Kier molecular flexibility index (Phi) is 6.57. The fourth-order valence-electron chi connectivity index (χ4n) is 4.68. The van der Waals surface area contributed by atoms with Crippen LogP contribution in [-0.4, -0.2) is 39.8 Å². The zero-order valence-corrected chi connectivity index (χ0v) is 20.1. The molecule has 7 nitrogen and oxygen atoms in total. The van der Waals surface area contributed by atoms with Gasteiger partial charge in [0.2, 0.25) is 0 Å². The van der Waals surface area contributed by atoms with Gasteiger partial charge in [-0.1, -0.05) is 38.0 Å². The van der Waals surface area contributed by atoms with E-state index < -0.39 is 0 Å². The van der Waals surface area contributed by atoms with E-state index in [4.69, 9.17) is 4.98 Å². The summed E-state index contributed by atoms with van der Waals surface area (Å²) < 4.78 is 0. The van der Waals surface area contributed by atoms with Crippen LogP contribution >= 0.6 is 0 Å². The van der Waals surface area contributed by atoms with Crippen molar-refractivity contribution in [2.45, 2.75) is 38.6 Å². The number of pyridine rings is 1. The fourth-order valence-corrected chi connectivity index (χ4v) is 4.68. The molecule has 0 bridgehead atoms. The van der Waals surface area contributed by atoms with Gasteiger partial charge in [0.05, 0.1) is 11.0 Å². The van der Waals surface area contributed by atoms with Crippen molar-refractivity contribution < 1.29 is 4.79 Å². The average molecular weight is 467 g/mol. The summed E-state index contributed by atoms with van der Waals surface area (Å²) >= 11 is 0. The summed E-state index contributed by atoms with van der Waals surface area (Å²) in [6, 6.07) is 19.4. The monoisotopic (exact) mass is 466 g/mol. The molecule has 7 heteroatoms. The molecule has 178 valence electrons. The minimum Gasteiger partial charge on any atom is -0.367 e. The van der Waals surface area contributed by atoms with E-state index in [0.717, 1.165) is 33.8 Å². The van der Waals surface area contributed by atoms with Crippen molar-refractivity contribution in [2.75, 3.05) is 12.4 Å². The van der Waals surface area contributed by atoms with Crippen molar-refractivity contribution in [1.82, 2.24) is 20.3 Å². The smallest absolute Gasteiger partial charge is 0.256 e. The van der Waals surface area contributed by atoms with Gasteiger partial charge in [-0.15, -0.1) is 0 Å². The summed E-state index contributed by atoms with van der Waals surface area (Å²) in [6.07, 6.45) is 6.68. The number of nitrogens with zero attached hydrogens (tertiary/aromatic N) is 3. The SMILES string of the molecule is CN=C(NC1CCCCC1C)c1ccc2nc(-c3ccc(C(=O)Nc4ccccn4)cc3)[nH]c2c1. The maximum Gasteiger partial charge on any atom is 0.256 e. The van der Waals surface area contributed by atoms with Crippen LogP contribution in [0.3, 0.4) is 0 Å². The number of benzene rings is 2. The highest BCUT2D eigenvalue weighted by molar-refractivity contribution is 6.04. The molecule has 0 aliphatic heterocycles. The zero-order valence-electron chi connectivity index (χ0n) is 20.1. The first-order valence-corrected chi connectivity index (χ1v) is 12.2. The van der Waals surface area contributed by atoms with Crippen LogP contribution in [0.15, 0.2) is 71.9 Å². The molecule has 1 fully saturated rings. The van der Waals surface area contributed by atoms with E-state index in [2.05, 4.69) is 44.7 Å². The number of hydrogen-bond donors (Lipinski definition) is 3. The number of rotatable bonds is 5. The topological polar surface area (TPSA) is 95.1 Å². The normalized spacial score (nSPS) is 18.4. The molecule has 1 amide bonds. The molecule has 0 radical (unpaired) electrons. The van der Waals surface area contributed by atoms with Crippen molar-refractivity contribution >= 4 is 28.6 Å². The fraction of sp³-hybridized carbons (Fsp3) is 0.286. The number of aromatic amines is 1. The summed E-state index contributed by atoms with van der Waals surface area (Å²) in [5, 5.41) is 6.48. The van der Waals surface area contributed by atoms with Crippen LogP contribution in [0.1, 0.15) is 48.5 Å². The van der Waals surface area contributed by atoms with Gasteiger partial charge in [-0.2, -0.15) is 0 Å². The summed E-state index contributed by atoms with van der Waals surface area (Å²) in [5.74, 6) is 2.66. The molecule has 4 aromatic rings. The van der Waals surface area contributed by atoms with Crippen LogP contribution in [0, 0.1) is 5.92 Å². The Morgan fingerprint density at radius 2 is 1.83 bits per heavy atom. The molecular weight excluding hydrogens is 436 g/mol. The molecule has 5 rings (SSSR count). The number of fused-ring (bicyclic) bond motifs is 1. The van der Waals surface area contributed by atoms with E-state index in [9.17, 15) is 4.79 Å². The van der Waals surface area contributed by atoms with Gasteiger partial charge in [-0.3, -0.25) is 9.79 Å². The lowest BCUT2D eigenvalue weighted by atomic mass is 9.86. The molecular formula is C28H30N6O. The van der Waals surface area contributed by atoms with Crippen LogP contribution in [0.4, 0.5) is 5.82 Å². The Balaban J connectivity index is 1.33. The van der Waals surface area contributed by atoms with Gasteiger partial charge in [-0.05, 0) is 61.2 Å². The Morgan fingerprint density at radius 3 is 2.57 bits per heavy atom. The molecule has 2 unspecified atom stereocenters. The van der Waals surface area contributed by atoms with Crippen LogP contribution in [-0.2, 0) is 0 Å². The highest BCUT2D eigenvalue weighted by Gasteiger charge is 2.22. The van der Waals surface area contributed by atoms with Crippen LogP contribution in [0.5, 0.6) is 0 Å². The molecule has 3 N–H and O–H groups in total. The molecule has 1 saturated carbocycles. The van der Waals surface area contributed by atoms with Crippen molar-refractivity contribution in [2.24, 2.45) is 10.9 Å². The Bertz CT molecular complexity index is 1340. The first-order valence-electron chi connectivity index (χ1n) is 12.2. The summed E-state index contributed by atoms with van der Waals surface area (Å²) in [5.41, 5.74) is 4.37. The van der Waals surface area contributed by atoms with Gasteiger partial charge in [-0.25, -0.2) is 9.97 Å². The molecule has 2 aromatic heterocycles. The predicted molar refractivity (Wildman–Crippen MR) is 141 cm³/mol. The number of aromatic nitrogens is 3. The molecule has 2 atom stereocenters. The van der Waals surface area contributed by atoms with E-state index in [1.807, 2.05) is 37.4 Å². The van der Waals surface area contributed by atoms with Gasteiger partial charge in [0.1, 0.15) is 17.5 Å². The molecule has 2 aromatic carbocycles. The third-order valence-corrected chi connectivity index (χ3v) is 6.74. The zero-order chi connectivity index (χ0) is 24.2. The van der Waals surface area contributed by atoms with Crippen LogP contribution < -0.4 is 10.6 Å². The van der Waals surface area contributed by atoms with Crippen molar-refractivity contribution in [3.63, 3.8) is 0 Å². The third kappa shape index (κ3) is 5.09. The number of H-pyrrole nitrogens is 1. The lowest BCUT2D eigenvalue weighted by Gasteiger charge is -2.30.